The lowest BCUT2D eigenvalue weighted by Crippen LogP contribution is -2.21. The third-order valence-electron chi connectivity index (χ3n) is 6.28. The number of halogens is 2. The van der Waals surface area contributed by atoms with Gasteiger partial charge in [0.2, 0.25) is 17.7 Å². The van der Waals surface area contributed by atoms with Crippen molar-refractivity contribution in [3.63, 3.8) is 0 Å². The number of ether oxygens (including phenoxy) is 1. The van der Waals surface area contributed by atoms with Crippen LogP contribution in [0.25, 0.3) is 11.6 Å². The third kappa shape index (κ3) is 6.44. The summed E-state index contributed by atoms with van der Waals surface area (Å²) >= 11 is 0. The fraction of sp³-hybridized carbons (Fsp3) is 0.214. The molecule has 0 unspecified atom stereocenters. The van der Waals surface area contributed by atoms with Gasteiger partial charge in [0.15, 0.2) is 11.6 Å². The summed E-state index contributed by atoms with van der Waals surface area (Å²) in [5.74, 6) is -2.39. The van der Waals surface area contributed by atoms with Crippen LogP contribution in [0.4, 0.5) is 20.2 Å². The molecule has 1 saturated carbocycles. The van der Waals surface area contributed by atoms with Crippen molar-refractivity contribution in [2.24, 2.45) is 0 Å². The van der Waals surface area contributed by atoms with Crippen LogP contribution < -0.4 is 15.4 Å². The number of carbonyl (C=O) groups excluding carboxylic acids is 2. The summed E-state index contributed by atoms with van der Waals surface area (Å²) in [6, 6.07) is 10.9. The monoisotopic (exact) mass is 533 g/mol. The largest absolute Gasteiger partial charge is 0.434 e. The van der Waals surface area contributed by atoms with Crippen LogP contribution in [0.5, 0.6) is 11.6 Å². The Hall–Kier alpha value is -4.64. The maximum atomic E-state index is 14.9. The van der Waals surface area contributed by atoms with Crippen LogP contribution in [0.1, 0.15) is 37.7 Å². The number of nitrogens with zero attached hydrogens (tertiary/aromatic N) is 3. The zero-order chi connectivity index (χ0) is 27.4. The molecule has 2 aromatic heterocycles. The van der Waals surface area contributed by atoms with E-state index < -0.39 is 29.9 Å². The molecule has 9 nitrogen and oxygen atoms in total. The Morgan fingerprint density at radius 3 is 2.44 bits per heavy atom. The minimum atomic E-state index is -0.743. The number of benzene rings is 2. The van der Waals surface area contributed by atoms with E-state index in [0.29, 0.717) is 24.0 Å². The van der Waals surface area contributed by atoms with E-state index in [-0.39, 0.29) is 23.4 Å². The minimum absolute atomic E-state index is 0.108. The molecule has 1 aliphatic carbocycles. The first-order chi connectivity index (χ1) is 18.8. The molecule has 11 heteroatoms. The second-order valence-corrected chi connectivity index (χ2v) is 9.19. The van der Waals surface area contributed by atoms with Gasteiger partial charge in [-0.05, 0) is 68.1 Å². The quantitative estimate of drug-likeness (QED) is 0.285. The summed E-state index contributed by atoms with van der Waals surface area (Å²) in [4.78, 5) is 28.6. The van der Waals surface area contributed by atoms with Gasteiger partial charge in [0.05, 0.1) is 6.10 Å². The molecule has 200 valence electrons. The van der Waals surface area contributed by atoms with Gasteiger partial charge in [-0.3, -0.25) is 9.59 Å². The number of carbonyl (C=O) groups is 2. The van der Waals surface area contributed by atoms with E-state index in [9.17, 15) is 23.5 Å². The van der Waals surface area contributed by atoms with Gasteiger partial charge in [-0.15, -0.1) is 0 Å². The number of amides is 2. The van der Waals surface area contributed by atoms with E-state index in [1.807, 2.05) is 12.1 Å². The van der Waals surface area contributed by atoms with Crippen molar-refractivity contribution in [3.05, 3.63) is 83.8 Å². The van der Waals surface area contributed by atoms with E-state index in [2.05, 4.69) is 20.7 Å². The van der Waals surface area contributed by atoms with Crippen molar-refractivity contribution in [2.75, 3.05) is 10.6 Å². The van der Waals surface area contributed by atoms with E-state index >= 15 is 0 Å². The molecule has 0 radical (unpaired) electrons. The highest BCUT2D eigenvalue weighted by molar-refractivity contribution is 6.08. The molecule has 1 fully saturated rings. The normalized spacial score (nSPS) is 15.2. The summed E-state index contributed by atoms with van der Waals surface area (Å²) in [6.45, 7) is 0. The van der Waals surface area contributed by atoms with Crippen LogP contribution in [0, 0.1) is 11.6 Å². The molecule has 39 heavy (non-hydrogen) atoms. The summed E-state index contributed by atoms with van der Waals surface area (Å²) < 4.78 is 35.3. The number of nitrogens with one attached hydrogen (secondary N) is 2. The van der Waals surface area contributed by atoms with E-state index in [0.717, 1.165) is 24.5 Å². The van der Waals surface area contributed by atoms with Crippen molar-refractivity contribution in [3.8, 4) is 11.6 Å². The van der Waals surface area contributed by atoms with Gasteiger partial charge in [0.1, 0.15) is 24.1 Å². The Morgan fingerprint density at radius 1 is 1.03 bits per heavy atom. The molecule has 2 heterocycles. The van der Waals surface area contributed by atoms with Gasteiger partial charge in [-0.2, -0.15) is 10.1 Å². The first kappa shape index (κ1) is 26.0. The summed E-state index contributed by atoms with van der Waals surface area (Å²) in [6.07, 6.45) is 7.31. The molecule has 3 N–H and O–H groups in total. The predicted octanol–water partition coefficient (Wildman–Crippen LogP) is 5.09. The second-order valence-electron chi connectivity index (χ2n) is 9.19. The highest BCUT2D eigenvalue weighted by Gasteiger charge is 2.18. The number of hydrogen-bond donors (Lipinski definition) is 3. The molecular weight excluding hydrogens is 508 g/mol. The number of aliphatic hydroxyl groups is 1. The van der Waals surface area contributed by atoms with E-state index in [1.54, 1.807) is 10.7 Å². The number of allylic oxidation sites excluding steroid dienone is 1. The van der Waals surface area contributed by atoms with Crippen LogP contribution >= 0.6 is 0 Å². The summed E-state index contributed by atoms with van der Waals surface area (Å²) in [7, 11) is 0. The van der Waals surface area contributed by atoms with Crippen molar-refractivity contribution < 1.29 is 28.2 Å². The van der Waals surface area contributed by atoms with Gasteiger partial charge in [0, 0.05) is 29.2 Å². The van der Waals surface area contributed by atoms with Gasteiger partial charge in [-0.1, -0.05) is 11.6 Å². The van der Waals surface area contributed by atoms with Gasteiger partial charge >= 0.3 is 0 Å². The minimum Gasteiger partial charge on any atom is -0.434 e. The standard InChI is InChI=1S/C28H25F2N5O4/c29-19-3-5-20(6-4-19)33-25(37)15-26(38)34-21-7-10-24(23(30)14-21)39-28-27-18(11-12-35(27)32-16-31-28)13-17-1-8-22(36)9-2-17/h3-7,10-14,16,22,36H,1-2,8-9,15H2,(H,33,37)(H,34,38). The van der Waals surface area contributed by atoms with E-state index in [1.165, 1.54) is 48.3 Å². The molecule has 0 atom stereocenters. The highest BCUT2D eigenvalue weighted by atomic mass is 19.1. The van der Waals surface area contributed by atoms with Crippen LogP contribution in [0.3, 0.4) is 0 Å². The van der Waals surface area contributed by atoms with Crippen molar-refractivity contribution >= 4 is 34.8 Å². The lowest BCUT2D eigenvalue weighted by molar-refractivity contribution is -0.123. The number of anilines is 2. The molecule has 0 aliphatic heterocycles. The zero-order valence-electron chi connectivity index (χ0n) is 20.7. The fourth-order valence-corrected chi connectivity index (χ4v) is 4.33. The SMILES string of the molecule is O=C(CC(=O)Nc1ccc(Oc2ncnn3ccc(C=C4CCC(O)CC4)c23)c(F)c1)Nc1ccc(F)cc1. The average Bonchev–Trinajstić information content (AvgIpc) is 3.32. The molecule has 0 spiro atoms. The lowest BCUT2D eigenvalue weighted by Gasteiger charge is -2.19. The van der Waals surface area contributed by atoms with Gasteiger partial charge < -0.3 is 20.5 Å². The zero-order valence-corrected chi connectivity index (χ0v) is 20.7. The van der Waals surface area contributed by atoms with Crippen LogP contribution in [0.2, 0.25) is 0 Å². The first-order valence-electron chi connectivity index (χ1n) is 12.4. The Morgan fingerprint density at radius 2 is 1.72 bits per heavy atom. The number of fused-ring (bicyclic) bond motifs is 1. The summed E-state index contributed by atoms with van der Waals surface area (Å²) in [5, 5.41) is 18.9. The number of rotatable bonds is 7. The second kappa shape index (κ2) is 11.4. The number of hydrogen-bond acceptors (Lipinski definition) is 6. The third-order valence-corrected chi connectivity index (χ3v) is 6.28. The topological polar surface area (TPSA) is 118 Å². The Kier molecular flexibility index (Phi) is 7.60. The highest BCUT2D eigenvalue weighted by Crippen LogP contribution is 2.32. The number of aromatic nitrogens is 3. The first-order valence-corrected chi connectivity index (χ1v) is 12.4. The Labute approximate surface area is 222 Å². The molecule has 4 aromatic rings. The molecule has 2 aromatic carbocycles. The molecule has 0 bridgehead atoms. The average molecular weight is 534 g/mol. The van der Waals surface area contributed by atoms with Crippen molar-refractivity contribution in [1.29, 1.82) is 0 Å². The summed E-state index contributed by atoms with van der Waals surface area (Å²) in [5.41, 5.74) is 3.07. The van der Waals surface area contributed by atoms with Crippen molar-refractivity contribution in [2.45, 2.75) is 38.2 Å². The van der Waals surface area contributed by atoms with Crippen molar-refractivity contribution in [1.82, 2.24) is 14.6 Å². The molecule has 0 saturated heterocycles. The van der Waals surface area contributed by atoms with Crippen LogP contribution in [-0.2, 0) is 9.59 Å². The van der Waals surface area contributed by atoms with Gasteiger partial charge in [0.25, 0.3) is 0 Å². The van der Waals surface area contributed by atoms with Gasteiger partial charge in [-0.25, -0.2) is 13.3 Å². The van der Waals surface area contributed by atoms with Crippen LogP contribution in [0.15, 0.2) is 66.6 Å². The molecular formula is C28H25F2N5O4. The predicted molar refractivity (Wildman–Crippen MR) is 140 cm³/mol. The molecule has 1 aliphatic rings. The van der Waals surface area contributed by atoms with Crippen LogP contribution in [-0.4, -0.2) is 37.6 Å². The fourth-order valence-electron chi connectivity index (χ4n) is 4.33. The lowest BCUT2D eigenvalue weighted by atomic mass is 9.91. The Balaban J connectivity index is 1.26. The molecule has 5 rings (SSSR count). The maximum absolute atomic E-state index is 14.9. The maximum Gasteiger partial charge on any atom is 0.247 e. The van der Waals surface area contributed by atoms with E-state index in [4.69, 9.17) is 4.74 Å². The Bertz CT molecular complexity index is 1540. The number of aliphatic hydroxyl groups excluding tert-OH is 1. The smallest absolute Gasteiger partial charge is 0.247 e. The molecule has 2 amide bonds.